The van der Waals surface area contributed by atoms with Gasteiger partial charge in [0.2, 0.25) is 5.89 Å². The number of hydrogen-bond acceptors (Lipinski definition) is 8. The molecule has 0 spiro atoms. The van der Waals surface area contributed by atoms with Crippen molar-refractivity contribution in [3.05, 3.63) is 59.1 Å². The van der Waals surface area contributed by atoms with E-state index in [1.54, 1.807) is 13.4 Å². The molecule has 134 valence electrons. The number of ether oxygens (including phenoxy) is 2. The van der Waals surface area contributed by atoms with Gasteiger partial charge in [-0.1, -0.05) is 23.4 Å². The molecular weight excluding hydrogens is 334 g/mol. The van der Waals surface area contributed by atoms with Gasteiger partial charge in [0.25, 0.3) is 0 Å². The van der Waals surface area contributed by atoms with Gasteiger partial charge in [-0.2, -0.15) is 4.98 Å². The highest BCUT2D eigenvalue weighted by molar-refractivity contribution is 5.51. The van der Waals surface area contributed by atoms with E-state index in [4.69, 9.17) is 14.0 Å². The summed E-state index contributed by atoms with van der Waals surface area (Å²) < 4.78 is 16.1. The Labute approximate surface area is 150 Å². The van der Waals surface area contributed by atoms with Gasteiger partial charge in [0.15, 0.2) is 5.82 Å². The molecule has 4 rings (SSSR count). The van der Waals surface area contributed by atoms with Crippen molar-refractivity contribution in [1.82, 2.24) is 20.1 Å². The van der Waals surface area contributed by atoms with E-state index in [1.165, 1.54) is 0 Å². The highest BCUT2D eigenvalue weighted by atomic mass is 16.5. The fraction of sp³-hybridized carbons (Fsp3) is 0.333. The molecule has 3 aromatic rings. The van der Waals surface area contributed by atoms with Crippen molar-refractivity contribution in [3.8, 4) is 5.75 Å². The van der Waals surface area contributed by atoms with E-state index in [-0.39, 0.29) is 0 Å². The molecule has 0 saturated carbocycles. The second kappa shape index (κ2) is 7.49. The van der Waals surface area contributed by atoms with Crippen LogP contribution in [0.3, 0.4) is 0 Å². The quantitative estimate of drug-likeness (QED) is 0.720. The largest absolute Gasteiger partial charge is 0.487 e. The summed E-state index contributed by atoms with van der Waals surface area (Å²) in [6.07, 6.45) is 2.87. The lowest BCUT2D eigenvalue weighted by Gasteiger charge is -2.10. The number of fused-ring (bicyclic) bond motifs is 2. The fourth-order valence-corrected chi connectivity index (χ4v) is 2.85. The summed E-state index contributed by atoms with van der Waals surface area (Å²) in [6, 6.07) is 8.00. The first-order valence-electron chi connectivity index (χ1n) is 8.41. The summed E-state index contributed by atoms with van der Waals surface area (Å²) in [5.74, 6) is 2.78. The van der Waals surface area contributed by atoms with Gasteiger partial charge in [-0.05, 0) is 11.6 Å². The first-order valence-corrected chi connectivity index (χ1v) is 8.41. The second-order valence-electron chi connectivity index (χ2n) is 5.92. The van der Waals surface area contributed by atoms with E-state index in [9.17, 15) is 0 Å². The number of nitrogens with one attached hydrogen (secondary N) is 1. The Balaban J connectivity index is 1.51. The highest BCUT2D eigenvalue weighted by Crippen LogP contribution is 2.30. The van der Waals surface area contributed by atoms with Crippen LogP contribution >= 0.6 is 0 Å². The molecule has 1 aliphatic heterocycles. The van der Waals surface area contributed by atoms with Gasteiger partial charge in [-0.25, -0.2) is 9.97 Å². The van der Waals surface area contributed by atoms with Crippen molar-refractivity contribution < 1.29 is 14.0 Å². The lowest BCUT2D eigenvalue weighted by molar-refractivity contribution is 0.199. The monoisotopic (exact) mass is 353 g/mol. The van der Waals surface area contributed by atoms with Crippen LogP contribution in [0.5, 0.6) is 5.75 Å². The molecule has 8 heteroatoms. The number of para-hydroxylation sites is 1. The van der Waals surface area contributed by atoms with E-state index in [0.29, 0.717) is 44.3 Å². The minimum absolute atomic E-state index is 0.395. The number of benzene rings is 1. The maximum absolute atomic E-state index is 5.86. The van der Waals surface area contributed by atoms with Gasteiger partial charge < -0.3 is 19.3 Å². The van der Waals surface area contributed by atoms with Crippen LogP contribution in [0.4, 0.5) is 5.82 Å². The summed E-state index contributed by atoms with van der Waals surface area (Å²) in [7, 11) is 1.64. The van der Waals surface area contributed by atoms with Crippen molar-refractivity contribution in [2.45, 2.75) is 26.0 Å². The molecule has 0 bridgehead atoms. The van der Waals surface area contributed by atoms with E-state index in [1.807, 2.05) is 18.2 Å². The topological polar surface area (TPSA) is 95.2 Å². The average Bonchev–Trinajstić information content (AvgIpc) is 3.04. The molecule has 0 saturated heterocycles. The second-order valence-corrected chi connectivity index (χ2v) is 5.92. The molecule has 26 heavy (non-hydrogen) atoms. The summed E-state index contributed by atoms with van der Waals surface area (Å²) in [5, 5.41) is 7.22. The minimum Gasteiger partial charge on any atom is -0.487 e. The van der Waals surface area contributed by atoms with Crippen LogP contribution in [0.15, 0.2) is 35.1 Å². The van der Waals surface area contributed by atoms with E-state index >= 15 is 0 Å². The number of methoxy groups -OCH3 is 1. The Kier molecular flexibility index (Phi) is 4.74. The Morgan fingerprint density at radius 2 is 2.15 bits per heavy atom. The molecule has 1 N–H and O–H groups in total. The zero-order valence-corrected chi connectivity index (χ0v) is 14.4. The first-order chi connectivity index (χ1) is 12.8. The number of nitrogens with zero attached hydrogens (tertiary/aromatic N) is 4. The Morgan fingerprint density at radius 3 is 3.08 bits per heavy atom. The molecule has 2 aromatic heterocycles. The smallest absolute Gasteiger partial charge is 0.245 e. The van der Waals surface area contributed by atoms with Crippen molar-refractivity contribution >= 4 is 5.82 Å². The summed E-state index contributed by atoms with van der Waals surface area (Å²) in [4.78, 5) is 13.1. The lowest BCUT2D eigenvalue weighted by atomic mass is 10.0. The molecule has 0 aliphatic carbocycles. The maximum Gasteiger partial charge on any atom is 0.245 e. The highest BCUT2D eigenvalue weighted by Gasteiger charge is 2.19. The van der Waals surface area contributed by atoms with Gasteiger partial charge in [0.05, 0.1) is 18.8 Å². The van der Waals surface area contributed by atoms with Crippen LogP contribution in [0, 0.1) is 0 Å². The summed E-state index contributed by atoms with van der Waals surface area (Å²) in [6.45, 7) is 1.38. The fourth-order valence-electron chi connectivity index (χ4n) is 2.85. The summed E-state index contributed by atoms with van der Waals surface area (Å²) in [5.41, 5.74) is 3.02. The number of anilines is 1. The van der Waals surface area contributed by atoms with Crippen molar-refractivity contribution in [1.29, 1.82) is 0 Å². The van der Waals surface area contributed by atoms with Gasteiger partial charge in [0, 0.05) is 25.5 Å². The number of rotatable bonds is 6. The third-order valence-corrected chi connectivity index (χ3v) is 4.19. The predicted molar refractivity (Wildman–Crippen MR) is 92.8 cm³/mol. The zero-order valence-electron chi connectivity index (χ0n) is 14.4. The predicted octanol–water partition coefficient (Wildman–Crippen LogP) is 2.14. The van der Waals surface area contributed by atoms with Crippen LogP contribution in [0.2, 0.25) is 0 Å². The third kappa shape index (κ3) is 3.50. The standard InChI is InChI=1S/C18H19N5O3/c1-24-7-6-16-22-17(26-23-16)9-19-18-13-8-12-4-2-3-5-15(12)25-10-14(13)20-11-21-18/h2-5,11H,6-10H2,1H3,(H,19,20,21). The van der Waals surface area contributed by atoms with Crippen LogP contribution in [-0.4, -0.2) is 33.8 Å². The molecule has 1 aliphatic rings. The van der Waals surface area contributed by atoms with Crippen LogP contribution in [-0.2, 0) is 30.7 Å². The van der Waals surface area contributed by atoms with E-state index in [2.05, 4.69) is 31.5 Å². The van der Waals surface area contributed by atoms with E-state index < -0.39 is 0 Å². The molecule has 0 radical (unpaired) electrons. The van der Waals surface area contributed by atoms with Crippen molar-refractivity contribution in [2.75, 3.05) is 19.0 Å². The van der Waals surface area contributed by atoms with E-state index in [0.717, 1.165) is 28.4 Å². The average molecular weight is 353 g/mol. The number of aromatic nitrogens is 4. The SMILES string of the molecule is COCCc1noc(CNc2ncnc3c2Cc2ccccc2OC3)n1. The zero-order chi connectivity index (χ0) is 17.8. The molecule has 0 unspecified atom stereocenters. The summed E-state index contributed by atoms with van der Waals surface area (Å²) >= 11 is 0. The normalized spacial score (nSPS) is 12.7. The Bertz CT molecular complexity index is 896. The third-order valence-electron chi connectivity index (χ3n) is 4.19. The van der Waals surface area contributed by atoms with Gasteiger partial charge in [-0.3, -0.25) is 0 Å². The molecule has 1 aromatic carbocycles. The van der Waals surface area contributed by atoms with Gasteiger partial charge in [-0.15, -0.1) is 0 Å². The van der Waals surface area contributed by atoms with Gasteiger partial charge in [0.1, 0.15) is 24.5 Å². The molecule has 0 fully saturated rings. The molecule has 0 atom stereocenters. The first kappa shape index (κ1) is 16.5. The molecular formula is C18H19N5O3. The maximum atomic E-state index is 5.86. The molecule has 8 nitrogen and oxygen atoms in total. The lowest BCUT2D eigenvalue weighted by Crippen LogP contribution is -2.09. The molecule has 3 heterocycles. The van der Waals surface area contributed by atoms with Gasteiger partial charge >= 0.3 is 0 Å². The Hall–Kier alpha value is -3.00. The number of hydrogen-bond donors (Lipinski definition) is 1. The minimum atomic E-state index is 0.395. The Morgan fingerprint density at radius 1 is 1.23 bits per heavy atom. The molecule has 0 amide bonds. The van der Waals surface area contributed by atoms with Crippen LogP contribution in [0.25, 0.3) is 0 Å². The van der Waals surface area contributed by atoms with Crippen molar-refractivity contribution in [2.24, 2.45) is 0 Å². The van der Waals surface area contributed by atoms with Crippen LogP contribution in [0.1, 0.15) is 28.5 Å². The van der Waals surface area contributed by atoms with Crippen molar-refractivity contribution in [3.63, 3.8) is 0 Å². The van der Waals surface area contributed by atoms with Crippen LogP contribution < -0.4 is 10.1 Å².